The van der Waals surface area contributed by atoms with Gasteiger partial charge in [0.1, 0.15) is 0 Å². The number of aryl methyl sites for hydroxylation is 2. The molecule has 0 heteroatoms. The van der Waals surface area contributed by atoms with Gasteiger partial charge < -0.3 is 0 Å². The van der Waals surface area contributed by atoms with Crippen molar-refractivity contribution >= 4 is 0 Å². The van der Waals surface area contributed by atoms with Gasteiger partial charge in [0.15, 0.2) is 0 Å². The normalized spacial score (nSPS) is 10.6. The molecule has 2 aromatic rings. The lowest BCUT2D eigenvalue weighted by Crippen LogP contribution is -1.86. The first-order valence-corrected chi connectivity index (χ1v) is 9.63. The topological polar surface area (TPSA) is 0 Å². The second kappa shape index (κ2) is 11.3. The molecule has 0 fully saturated rings. The van der Waals surface area contributed by atoms with Gasteiger partial charge in [-0.1, -0.05) is 74.4 Å². The summed E-state index contributed by atoms with van der Waals surface area (Å²) in [4.78, 5) is 0. The van der Waals surface area contributed by atoms with E-state index in [0.717, 1.165) is 24.0 Å². The van der Waals surface area contributed by atoms with E-state index in [2.05, 4.69) is 86.4 Å². The first-order chi connectivity index (χ1) is 12.3. The maximum absolute atomic E-state index is 3.28. The van der Waals surface area contributed by atoms with Crippen LogP contribution in [0.4, 0.5) is 0 Å². The van der Waals surface area contributed by atoms with Crippen molar-refractivity contribution in [3.63, 3.8) is 0 Å². The average molecular weight is 331 g/mol. The first-order valence-electron chi connectivity index (χ1n) is 9.63. The summed E-state index contributed by atoms with van der Waals surface area (Å²) in [6, 6.07) is 17.4. The Morgan fingerprint density at radius 3 is 1.80 bits per heavy atom. The van der Waals surface area contributed by atoms with Crippen molar-refractivity contribution < 1.29 is 0 Å². The zero-order chi connectivity index (χ0) is 17.7. The molecule has 0 aliphatic heterocycles. The zero-order valence-corrected chi connectivity index (χ0v) is 15.7. The van der Waals surface area contributed by atoms with Crippen LogP contribution in [0.15, 0.2) is 60.7 Å². The fourth-order valence-electron chi connectivity index (χ4n) is 2.83. The Labute approximate surface area is 154 Å². The number of hydrogen-bond acceptors (Lipinski definition) is 0. The molecule has 0 saturated carbocycles. The predicted octanol–water partition coefficient (Wildman–Crippen LogP) is 6.72. The Morgan fingerprint density at radius 2 is 1.28 bits per heavy atom. The number of hydrogen-bond donors (Lipinski definition) is 0. The molecule has 0 nitrogen and oxygen atoms in total. The molecule has 0 atom stereocenters. The van der Waals surface area contributed by atoms with Gasteiger partial charge in [0.25, 0.3) is 0 Å². The summed E-state index contributed by atoms with van der Waals surface area (Å²) < 4.78 is 0. The smallest absolute Gasteiger partial charge is 0.0249 e. The molecule has 0 saturated heterocycles. The molecule has 0 spiro atoms. The SMILES string of the molecule is CC=CCCc1ccc(C#Cc2ccc(CCCCCC)cc2)cc1. The van der Waals surface area contributed by atoms with Crippen LogP contribution in [0.2, 0.25) is 0 Å². The summed E-state index contributed by atoms with van der Waals surface area (Å²) >= 11 is 0. The molecule has 0 N–H and O–H groups in total. The summed E-state index contributed by atoms with van der Waals surface area (Å²) in [5.74, 6) is 6.55. The lowest BCUT2D eigenvalue weighted by Gasteiger charge is -2.01. The monoisotopic (exact) mass is 330 g/mol. The van der Waals surface area contributed by atoms with Crippen LogP contribution in [0.3, 0.4) is 0 Å². The number of benzene rings is 2. The summed E-state index contributed by atoms with van der Waals surface area (Å²) in [5, 5.41) is 0. The van der Waals surface area contributed by atoms with E-state index in [1.54, 1.807) is 0 Å². The minimum Gasteiger partial charge on any atom is -0.0917 e. The predicted molar refractivity (Wildman–Crippen MR) is 110 cm³/mol. The van der Waals surface area contributed by atoms with E-state index < -0.39 is 0 Å². The number of rotatable bonds is 8. The standard InChI is InChI=1S/C25H30/c1-3-5-7-9-11-23-14-18-25(19-15-23)21-20-24-16-12-22(13-17-24)10-8-6-4-2/h4,6,12-19H,3,5,7-11H2,1-2H3. The Hall–Kier alpha value is -2.26. The van der Waals surface area contributed by atoms with Crippen LogP contribution in [0, 0.1) is 11.8 Å². The van der Waals surface area contributed by atoms with Gasteiger partial charge in [-0.2, -0.15) is 0 Å². The third kappa shape index (κ3) is 7.44. The minimum atomic E-state index is 1.08. The second-order valence-corrected chi connectivity index (χ2v) is 6.56. The van der Waals surface area contributed by atoms with Crippen LogP contribution in [-0.4, -0.2) is 0 Å². The fourth-order valence-corrected chi connectivity index (χ4v) is 2.83. The molecule has 0 bridgehead atoms. The number of allylic oxidation sites excluding steroid dienone is 2. The Balaban J connectivity index is 1.87. The molecule has 130 valence electrons. The van der Waals surface area contributed by atoms with Crippen LogP contribution < -0.4 is 0 Å². The van der Waals surface area contributed by atoms with Gasteiger partial charge in [0.05, 0.1) is 0 Å². The highest BCUT2D eigenvalue weighted by Gasteiger charge is 1.95. The van der Waals surface area contributed by atoms with Crippen LogP contribution in [0.25, 0.3) is 0 Å². The highest BCUT2D eigenvalue weighted by atomic mass is 14.0. The largest absolute Gasteiger partial charge is 0.0917 e. The van der Waals surface area contributed by atoms with Crippen LogP contribution >= 0.6 is 0 Å². The molecule has 0 heterocycles. The molecule has 0 aliphatic rings. The van der Waals surface area contributed by atoms with Crippen LogP contribution in [-0.2, 0) is 12.8 Å². The maximum atomic E-state index is 3.28. The molecule has 0 radical (unpaired) electrons. The molecule has 0 aliphatic carbocycles. The van der Waals surface area contributed by atoms with E-state index in [-0.39, 0.29) is 0 Å². The minimum absolute atomic E-state index is 1.08. The molecular weight excluding hydrogens is 300 g/mol. The van der Waals surface area contributed by atoms with Crippen molar-refractivity contribution in [2.75, 3.05) is 0 Å². The Bertz CT molecular complexity index is 690. The van der Waals surface area contributed by atoms with Crippen molar-refractivity contribution in [2.24, 2.45) is 0 Å². The average Bonchev–Trinajstić information content (AvgIpc) is 2.66. The van der Waals surface area contributed by atoms with Crippen LogP contribution in [0.1, 0.15) is 68.2 Å². The first kappa shape index (κ1) is 19.1. The Morgan fingerprint density at radius 1 is 0.720 bits per heavy atom. The van der Waals surface area contributed by atoms with Gasteiger partial charge in [0.2, 0.25) is 0 Å². The van der Waals surface area contributed by atoms with Gasteiger partial charge in [-0.15, -0.1) is 0 Å². The van der Waals surface area contributed by atoms with Gasteiger partial charge in [0, 0.05) is 11.1 Å². The van der Waals surface area contributed by atoms with E-state index in [4.69, 9.17) is 0 Å². The third-order valence-electron chi connectivity index (χ3n) is 4.41. The second-order valence-electron chi connectivity index (χ2n) is 6.56. The molecule has 0 unspecified atom stereocenters. The van der Waals surface area contributed by atoms with Gasteiger partial charge in [-0.25, -0.2) is 0 Å². The van der Waals surface area contributed by atoms with E-state index in [9.17, 15) is 0 Å². The van der Waals surface area contributed by atoms with Crippen LogP contribution in [0.5, 0.6) is 0 Å². The summed E-state index contributed by atoms with van der Waals surface area (Å²) in [5.41, 5.74) is 4.97. The van der Waals surface area contributed by atoms with E-state index >= 15 is 0 Å². The molecule has 2 rings (SSSR count). The molecule has 0 amide bonds. The Kier molecular flexibility index (Phi) is 8.64. The molecular formula is C25H30. The summed E-state index contributed by atoms with van der Waals surface area (Å²) in [7, 11) is 0. The van der Waals surface area contributed by atoms with Gasteiger partial charge >= 0.3 is 0 Å². The number of unbranched alkanes of at least 4 members (excludes halogenated alkanes) is 3. The lowest BCUT2D eigenvalue weighted by molar-refractivity contribution is 0.667. The fraction of sp³-hybridized carbons (Fsp3) is 0.360. The summed E-state index contributed by atoms with van der Waals surface area (Å²) in [6.45, 7) is 4.32. The van der Waals surface area contributed by atoms with Crippen molar-refractivity contribution in [1.82, 2.24) is 0 Å². The highest BCUT2D eigenvalue weighted by Crippen LogP contribution is 2.10. The van der Waals surface area contributed by atoms with Crippen molar-refractivity contribution in [3.8, 4) is 11.8 Å². The van der Waals surface area contributed by atoms with Crippen molar-refractivity contribution in [3.05, 3.63) is 82.9 Å². The van der Waals surface area contributed by atoms with Crippen molar-refractivity contribution in [2.45, 2.75) is 58.8 Å². The van der Waals surface area contributed by atoms with E-state index in [1.165, 1.54) is 43.2 Å². The van der Waals surface area contributed by atoms with Crippen molar-refractivity contribution in [1.29, 1.82) is 0 Å². The van der Waals surface area contributed by atoms with E-state index in [1.807, 2.05) is 0 Å². The van der Waals surface area contributed by atoms with E-state index in [0.29, 0.717) is 0 Å². The molecule has 2 aromatic carbocycles. The quantitative estimate of drug-likeness (QED) is 0.286. The van der Waals surface area contributed by atoms with Gasteiger partial charge in [-0.3, -0.25) is 0 Å². The third-order valence-corrected chi connectivity index (χ3v) is 4.41. The van der Waals surface area contributed by atoms with Gasteiger partial charge in [-0.05, 0) is 68.0 Å². The lowest BCUT2D eigenvalue weighted by atomic mass is 10.0. The molecule has 0 aromatic heterocycles. The highest BCUT2D eigenvalue weighted by molar-refractivity contribution is 5.44. The summed E-state index contributed by atoms with van der Waals surface area (Å²) in [6.07, 6.45) is 13.0. The maximum Gasteiger partial charge on any atom is 0.0249 e. The zero-order valence-electron chi connectivity index (χ0n) is 15.7. The molecule has 25 heavy (non-hydrogen) atoms.